The van der Waals surface area contributed by atoms with E-state index >= 15 is 0 Å². The molecule has 3 aromatic rings. The SMILES string of the molecule is Nc1nc(N2CCN(CCCCF)CC2)cc2nc(-c3ccco3)nn12. The third kappa shape index (κ3) is 3.34. The van der Waals surface area contributed by atoms with Crippen LogP contribution in [0, 0.1) is 0 Å². The van der Waals surface area contributed by atoms with Gasteiger partial charge < -0.3 is 15.1 Å². The van der Waals surface area contributed by atoms with Gasteiger partial charge in [0, 0.05) is 32.2 Å². The number of anilines is 2. The molecule has 1 fully saturated rings. The highest BCUT2D eigenvalue weighted by Gasteiger charge is 2.20. The van der Waals surface area contributed by atoms with E-state index in [1.807, 2.05) is 6.07 Å². The maximum Gasteiger partial charge on any atom is 0.225 e. The summed E-state index contributed by atoms with van der Waals surface area (Å²) in [7, 11) is 0. The van der Waals surface area contributed by atoms with Crippen LogP contribution in [0.1, 0.15) is 12.8 Å². The van der Waals surface area contributed by atoms with Gasteiger partial charge in [0.2, 0.25) is 11.8 Å². The van der Waals surface area contributed by atoms with E-state index in [1.54, 1.807) is 18.4 Å². The normalized spacial score (nSPS) is 15.8. The zero-order valence-corrected chi connectivity index (χ0v) is 14.5. The first-order chi connectivity index (χ1) is 12.7. The first-order valence-electron chi connectivity index (χ1n) is 8.85. The van der Waals surface area contributed by atoms with Crippen molar-refractivity contribution in [3.63, 3.8) is 0 Å². The van der Waals surface area contributed by atoms with E-state index in [2.05, 4.69) is 24.9 Å². The van der Waals surface area contributed by atoms with Crippen molar-refractivity contribution in [3.05, 3.63) is 24.5 Å². The van der Waals surface area contributed by atoms with Gasteiger partial charge in [-0.05, 0) is 31.5 Å². The molecule has 8 nitrogen and oxygen atoms in total. The van der Waals surface area contributed by atoms with Crippen molar-refractivity contribution in [3.8, 4) is 11.6 Å². The molecule has 0 unspecified atom stereocenters. The minimum Gasteiger partial charge on any atom is -0.461 e. The summed E-state index contributed by atoms with van der Waals surface area (Å²) in [4.78, 5) is 13.5. The highest BCUT2D eigenvalue weighted by Crippen LogP contribution is 2.22. The fraction of sp³-hybridized carbons (Fsp3) is 0.471. The first-order valence-corrected chi connectivity index (χ1v) is 8.85. The van der Waals surface area contributed by atoms with Crippen LogP contribution in [0.25, 0.3) is 17.2 Å². The summed E-state index contributed by atoms with van der Waals surface area (Å²) in [6.45, 7) is 4.30. The number of hydrogen-bond donors (Lipinski definition) is 1. The molecule has 1 saturated heterocycles. The quantitative estimate of drug-likeness (QED) is 0.672. The van der Waals surface area contributed by atoms with Crippen molar-refractivity contribution < 1.29 is 8.81 Å². The average molecular weight is 359 g/mol. The molecule has 0 aliphatic carbocycles. The van der Waals surface area contributed by atoms with Gasteiger partial charge in [-0.2, -0.15) is 9.50 Å². The molecule has 0 aromatic carbocycles. The number of fused-ring (bicyclic) bond motifs is 1. The number of halogens is 1. The molecule has 4 rings (SSSR count). The molecule has 0 bridgehead atoms. The highest BCUT2D eigenvalue weighted by atomic mass is 19.1. The zero-order chi connectivity index (χ0) is 17.9. The smallest absolute Gasteiger partial charge is 0.225 e. The lowest BCUT2D eigenvalue weighted by molar-refractivity contribution is 0.249. The molecule has 0 radical (unpaired) electrons. The summed E-state index contributed by atoms with van der Waals surface area (Å²) >= 11 is 0. The highest BCUT2D eigenvalue weighted by molar-refractivity contribution is 5.59. The molecule has 9 heteroatoms. The van der Waals surface area contributed by atoms with Gasteiger partial charge in [0.25, 0.3) is 0 Å². The minimum absolute atomic E-state index is 0.235. The lowest BCUT2D eigenvalue weighted by atomic mass is 10.2. The monoisotopic (exact) mass is 359 g/mol. The predicted molar refractivity (Wildman–Crippen MR) is 96.8 cm³/mol. The van der Waals surface area contributed by atoms with Gasteiger partial charge in [-0.25, -0.2) is 4.98 Å². The van der Waals surface area contributed by atoms with Crippen molar-refractivity contribution >= 4 is 17.4 Å². The second-order valence-corrected chi connectivity index (χ2v) is 6.38. The minimum atomic E-state index is -0.235. The number of nitrogen functional groups attached to an aromatic ring is 1. The van der Waals surface area contributed by atoms with Crippen LogP contribution in [0.2, 0.25) is 0 Å². The maximum atomic E-state index is 12.2. The number of piperazine rings is 1. The number of rotatable bonds is 6. The summed E-state index contributed by atoms with van der Waals surface area (Å²) in [5, 5.41) is 4.36. The Kier molecular flexibility index (Phi) is 4.70. The first kappa shape index (κ1) is 16.8. The van der Waals surface area contributed by atoms with Crippen molar-refractivity contribution in [1.82, 2.24) is 24.5 Å². The third-order valence-corrected chi connectivity index (χ3v) is 4.63. The molecule has 0 spiro atoms. The molecule has 1 aliphatic heterocycles. The summed E-state index contributed by atoms with van der Waals surface area (Å²) < 4.78 is 19.1. The van der Waals surface area contributed by atoms with E-state index in [9.17, 15) is 4.39 Å². The largest absolute Gasteiger partial charge is 0.461 e. The van der Waals surface area contributed by atoms with Crippen molar-refractivity contribution in [2.45, 2.75) is 12.8 Å². The summed E-state index contributed by atoms with van der Waals surface area (Å²) in [6, 6.07) is 5.50. The number of hydrogen-bond acceptors (Lipinski definition) is 7. The second-order valence-electron chi connectivity index (χ2n) is 6.38. The Bertz CT molecular complexity index is 856. The van der Waals surface area contributed by atoms with E-state index in [0.29, 0.717) is 29.6 Å². The molecule has 3 aromatic heterocycles. The van der Waals surface area contributed by atoms with Crippen LogP contribution in [-0.4, -0.2) is 63.9 Å². The van der Waals surface area contributed by atoms with Gasteiger partial charge in [0.15, 0.2) is 11.4 Å². The van der Waals surface area contributed by atoms with E-state index in [0.717, 1.165) is 45.0 Å². The number of nitrogens with zero attached hydrogens (tertiary/aromatic N) is 6. The van der Waals surface area contributed by atoms with Crippen molar-refractivity contribution in [1.29, 1.82) is 0 Å². The van der Waals surface area contributed by atoms with Crippen molar-refractivity contribution in [2.24, 2.45) is 0 Å². The molecule has 1 aliphatic rings. The summed E-state index contributed by atoms with van der Waals surface area (Å²) in [5.74, 6) is 2.18. The molecule has 26 heavy (non-hydrogen) atoms. The van der Waals surface area contributed by atoms with E-state index in [1.165, 1.54) is 4.52 Å². The number of furan rings is 1. The molecule has 2 N–H and O–H groups in total. The fourth-order valence-electron chi connectivity index (χ4n) is 3.20. The average Bonchev–Trinajstić information content (AvgIpc) is 3.32. The van der Waals surface area contributed by atoms with Gasteiger partial charge in [-0.3, -0.25) is 9.29 Å². The standard InChI is InChI=1S/C17H22FN7O/c18-5-1-2-6-23-7-9-24(10-8-23)14-12-15-20-16(13-4-3-11-26-13)22-25(15)17(19)21-14/h3-4,11-12H,1-2,5-10H2,(H2,19,21). The molecule has 4 heterocycles. The summed E-state index contributed by atoms with van der Waals surface area (Å²) in [5.41, 5.74) is 6.73. The van der Waals surface area contributed by atoms with Crippen LogP contribution in [0.4, 0.5) is 16.2 Å². The zero-order valence-electron chi connectivity index (χ0n) is 14.5. The Morgan fingerprint density at radius 1 is 1.15 bits per heavy atom. The molecule has 0 saturated carbocycles. The molecular weight excluding hydrogens is 337 g/mol. The number of alkyl halides is 1. The van der Waals surface area contributed by atoms with Gasteiger partial charge in [0.1, 0.15) is 5.82 Å². The van der Waals surface area contributed by atoms with Crippen LogP contribution in [0.5, 0.6) is 0 Å². The second kappa shape index (κ2) is 7.28. The topological polar surface area (TPSA) is 88.7 Å². The van der Waals surface area contributed by atoms with Crippen LogP contribution in [-0.2, 0) is 0 Å². The Morgan fingerprint density at radius 2 is 2.00 bits per heavy atom. The lowest BCUT2D eigenvalue weighted by Gasteiger charge is -2.35. The number of unbranched alkanes of at least 4 members (excludes halogenated alkanes) is 1. The maximum absolute atomic E-state index is 12.2. The van der Waals surface area contributed by atoms with E-state index in [-0.39, 0.29) is 6.67 Å². The van der Waals surface area contributed by atoms with Gasteiger partial charge in [0.05, 0.1) is 12.9 Å². The Hall–Kier alpha value is -2.68. The molecule has 138 valence electrons. The summed E-state index contributed by atoms with van der Waals surface area (Å²) in [6.07, 6.45) is 3.13. The van der Waals surface area contributed by atoms with Crippen LogP contribution < -0.4 is 10.6 Å². The van der Waals surface area contributed by atoms with Crippen LogP contribution >= 0.6 is 0 Å². The lowest BCUT2D eigenvalue weighted by Crippen LogP contribution is -2.47. The molecular formula is C17H22FN7O. The number of nitrogens with two attached hydrogens (primary N) is 1. The van der Waals surface area contributed by atoms with Crippen LogP contribution in [0.15, 0.2) is 28.9 Å². The third-order valence-electron chi connectivity index (χ3n) is 4.63. The Morgan fingerprint density at radius 3 is 2.73 bits per heavy atom. The van der Waals surface area contributed by atoms with Gasteiger partial charge in [-0.15, -0.1) is 5.10 Å². The van der Waals surface area contributed by atoms with Crippen molar-refractivity contribution in [2.75, 3.05) is 50.0 Å². The van der Waals surface area contributed by atoms with E-state index < -0.39 is 0 Å². The van der Waals surface area contributed by atoms with Gasteiger partial charge >= 0.3 is 0 Å². The molecule has 0 atom stereocenters. The number of aromatic nitrogens is 4. The van der Waals surface area contributed by atoms with E-state index in [4.69, 9.17) is 10.2 Å². The Balaban J connectivity index is 1.49. The Labute approximate surface area is 150 Å². The fourth-order valence-corrected chi connectivity index (χ4v) is 3.20. The predicted octanol–water partition coefficient (Wildman–Crippen LogP) is 1.84. The van der Waals surface area contributed by atoms with Gasteiger partial charge in [-0.1, -0.05) is 0 Å². The van der Waals surface area contributed by atoms with Crippen LogP contribution in [0.3, 0.4) is 0 Å². The molecule has 0 amide bonds.